The molecule has 0 radical (unpaired) electrons. The van der Waals surface area contributed by atoms with Crippen molar-refractivity contribution >= 4 is 34.3 Å². The first-order valence-corrected chi connectivity index (χ1v) is 5.00. The zero-order valence-corrected chi connectivity index (χ0v) is 9.86. The number of nitrogens with zero attached hydrogens (tertiary/aromatic N) is 1. The van der Waals surface area contributed by atoms with E-state index in [2.05, 4.69) is 5.92 Å². The number of hydrogen-bond donors (Lipinski definition) is 3. The SMILES string of the molecule is C#Cc1cccc(N(N)C(=O)NN)c1I. The number of amides is 2. The van der Waals surface area contributed by atoms with Crippen LogP contribution in [-0.4, -0.2) is 6.03 Å². The Labute approximate surface area is 101 Å². The summed E-state index contributed by atoms with van der Waals surface area (Å²) in [5.74, 6) is 13.0. The number of rotatable bonds is 1. The Hall–Kier alpha value is -1.30. The lowest BCUT2D eigenvalue weighted by molar-refractivity contribution is 0.246. The second-order valence-electron chi connectivity index (χ2n) is 2.60. The predicted molar refractivity (Wildman–Crippen MR) is 66.5 cm³/mol. The number of urea groups is 1. The van der Waals surface area contributed by atoms with Crippen molar-refractivity contribution < 1.29 is 4.79 Å². The molecule has 0 aliphatic carbocycles. The van der Waals surface area contributed by atoms with E-state index in [4.69, 9.17) is 18.1 Å². The first-order chi connectivity index (χ1) is 7.11. The van der Waals surface area contributed by atoms with Gasteiger partial charge in [-0.25, -0.2) is 21.5 Å². The van der Waals surface area contributed by atoms with E-state index in [1.165, 1.54) is 0 Å². The van der Waals surface area contributed by atoms with Crippen molar-refractivity contribution in [3.05, 3.63) is 27.3 Å². The van der Waals surface area contributed by atoms with Crippen LogP contribution in [0.15, 0.2) is 18.2 Å². The molecular weight excluding hydrogens is 307 g/mol. The van der Waals surface area contributed by atoms with Crippen molar-refractivity contribution in [2.24, 2.45) is 11.7 Å². The minimum atomic E-state index is -0.609. The Morgan fingerprint density at radius 1 is 1.60 bits per heavy atom. The van der Waals surface area contributed by atoms with Crippen LogP contribution in [0, 0.1) is 15.9 Å². The first-order valence-electron chi connectivity index (χ1n) is 3.92. The van der Waals surface area contributed by atoms with Crippen molar-refractivity contribution in [3.8, 4) is 12.3 Å². The summed E-state index contributed by atoms with van der Waals surface area (Å²) >= 11 is 2.02. The van der Waals surface area contributed by atoms with E-state index in [0.717, 1.165) is 8.58 Å². The summed E-state index contributed by atoms with van der Waals surface area (Å²) in [4.78, 5) is 11.2. The molecule has 6 heteroatoms. The van der Waals surface area contributed by atoms with Crippen LogP contribution in [0.25, 0.3) is 0 Å². The maximum Gasteiger partial charge on any atom is 0.350 e. The molecule has 0 saturated carbocycles. The van der Waals surface area contributed by atoms with Crippen LogP contribution in [0.3, 0.4) is 0 Å². The van der Waals surface area contributed by atoms with Gasteiger partial charge in [0.25, 0.3) is 0 Å². The molecule has 0 aromatic heterocycles. The Bertz CT molecular complexity index is 427. The van der Waals surface area contributed by atoms with E-state index in [1.54, 1.807) is 18.2 Å². The third kappa shape index (κ3) is 2.38. The first kappa shape index (κ1) is 11.8. The van der Waals surface area contributed by atoms with Gasteiger partial charge in [0.2, 0.25) is 0 Å². The van der Waals surface area contributed by atoms with Gasteiger partial charge in [0.15, 0.2) is 0 Å². The number of carbonyl (C=O) groups excluding carboxylic acids is 1. The van der Waals surface area contributed by atoms with E-state index in [1.807, 2.05) is 28.0 Å². The maximum atomic E-state index is 11.2. The van der Waals surface area contributed by atoms with Crippen molar-refractivity contribution in [2.75, 3.05) is 5.01 Å². The number of halogens is 1. The normalized spacial score (nSPS) is 9.20. The Balaban J connectivity index is 3.16. The number of carbonyl (C=O) groups is 1. The van der Waals surface area contributed by atoms with E-state index in [0.29, 0.717) is 11.3 Å². The van der Waals surface area contributed by atoms with Gasteiger partial charge in [-0.3, -0.25) is 5.43 Å². The van der Waals surface area contributed by atoms with Crippen molar-refractivity contribution in [3.63, 3.8) is 0 Å². The molecule has 5 N–H and O–H groups in total. The average molecular weight is 316 g/mol. The molecule has 78 valence electrons. The van der Waals surface area contributed by atoms with Gasteiger partial charge < -0.3 is 0 Å². The molecule has 0 spiro atoms. The van der Waals surface area contributed by atoms with Gasteiger partial charge >= 0.3 is 6.03 Å². The summed E-state index contributed by atoms with van der Waals surface area (Å²) in [6, 6.07) is 4.55. The molecule has 0 saturated heterocycles. The second-order valence-corrected chi connectivity index (χ2v) is 3.68. The van der Waals surface area contributed by atoms with Crippen LogP contribution < -0.4 is 22.1 Å². The highest BCUT2D eigenvalue weighted by molar-refractivity contribution is 14.1. The smallest absolute Gasteiger partial charge is 0.274 e. The van der Waals surface area contributed by atoms with Gasteiger partial charge in [0.05, 0.1) is 9.26 Å². The summed E-state index contributed by atoms with van der Waals surface area (Å²) in [5, 5.41) is 0.905. The zero-order chi connectivity index (χ0) is 11.4. The summed E-state index contributed by atoms with van der Waals surface area (Å²) in [5.41, 5.74) is 3.12. The Kier molecular flexibility index (Phi) is 3.90. The molecule has 0 atom stereocenters. The highest BCUT2D eigenvalue weighted by Gasteiger charge is 2.14. The highest BCUT2D eigenvalue weighted by Crippen LogP contribution is 2.23. The summed E-state index contributed by atoms with van der Waals surface area (Å²) in [6.45, 7) is 0. The van der Waals surface area contributed by atoms with Crippen LogP contribution in [0.4, 0.5) is 10.5 Å². The van der Waals surface area contributed by atoms with Gasteiger partial charge in [0.1, 0.15) is 0 Å². The standard InChI is InChI=1S/C9H9IN4O/c1-2-6-4-3-5-7(8(6)10)14(12)9(15)13-11/h1,3-5H,11-12H2,(H,13,15). The molecule has 0 bridgehead atoms. The molecule has 1 rings (SSSR count). The zero-order valence-electron chi connectivity index (χ0n) is 7.70. The molecule has 1 aromatic rings. The lowest BCUT2D eigenvalue weighted by Gasteiger charge is -2.17. The lowest BCUT2D eigenvalue weighted by Crippen LogP contribution is -2.48. The maximum absolute atomic E-state index is 11.2. The molecule has 5 nitrogen and oxygen atoms in total. The summed E-state index contributed by atoms with van der Waals surface area (Å²) in [6.07, 6.45) is 5.29. The van der Waals surface area contributed by atoms with Crippen molar-refractivity contribution in [1.82, 2.24) is 5.43 Å². The van der Waals surface area contributed by atoms with Gasteiger partial charge in [-0.2, -0.15) is 0 Å². The molecule has 1 aromatic carbocycles. The predicted octanol–water partition coefficient (Wildman–Crippen LogP) is 0.536. The number of hydrazine groups is 2. The van der Waals surface area contributed by atoms with E-state index < -0.39 is 6.03 Å². The third-order valence-corrected chi connectivity index (χ3v) is 2.87. The van der Waals surface area contributed by atoms with Gasteiger partial charge in [-0.1, -0.05) is 12.0 Å². The quantitative estimate of drug-likeness (QED) is 0.232. The largest absolute Gasteiger partial charge is 0.350 e. The van der Waals surface area contributed by atoms with Gasteiger partial charge in [-0.15, -0.1) is 6.42 Å². The van der Waals surface area contributed by atoms with Crippen LogP contribution in [0.5, 0.6) is 0 Å². The molecule has 2 amide bonds. The van der Waals surface area contributed by atoms with E-state index in [9.17, 15) is 4.79 Å². The molecule has 15 heavy (non-hydrogen) atoms. The summed E-state index contributed by atoms with van der Waals surface area (Å²) < 4.78 is 0.726. The topological polar surface area (TPSA) is 84.4 Å². The summed E-state index contributed by atoms with van der Waals surface area (Å²) in [7, 11) is 0. The fourth-order valence-corrected chi connectivity index (χ4v) is 1.77. The lowest BCUT2D eigenvalue weighted by atomic mass is 10.2. The van der Waals surface area contributed by atoms with Gasteiger partial charge in [0, 0.05) is 5.56 Å². The number of terminal acetylenes is 1. The number of nitrogens with one attached hydrogen (secondary N) is 1. The average Bonchev–Trinajstić information content (AvgIpc) is 2.27. The van der Waals surface area contributed by atoms with Crippen LogP contribution in [0.2, 0.25) is 0 Å². The number of benzene rings is 1. The second kappa shape index (κ2) is 4.97. The highest BCUT2D eigenvalue weighted by atomic mass is 127. The van der Waals surface area contributed by atoms with Crippen LogP contribution >= 0.6 is 22.6 Å². The fraction of sp³-hybridized carbons (Fsp3) is 0. The molecular formula is C9H9IN4O. The third-order valence-electron chi connectivity index (χ3n) is 1.74. The van der Waals surface area contributed by atoms with Gasteiger partial charge in [-0.05, 0) is 34.7 Å². The molecule has 0 fully saturated rings. The minimum absolute atomic E-state index is 0.508. The fourth-order valence-electron chi connectivity index (χ4n) is 0.996. The monoisotopic (exact) mass is 316 g/mol. The van der Waals surface area contributed by atoms with E-state index >= 15 is 0 Å². The molecule has 0 unspecified atom stereocenters. The van der Waals surface area contributed by atoms with Crippen molar-refractivity contribution in [2.45, 2.75) is 0 Å². The number of nitrogens with two attached hydrogens (primary N) is 2. The van der Waals surface area contributed by atoms with E-state index in [-0.39, 0.29) is 0 Å². The van der Waals surface area contributed by atoms with Crippen LogP contribution in [-0.2, 0) is 0 Å². The Morgan fingerprint density at radius 3 is 2.80 bits per heavy atom. The minimum Gasteiger partial charge on any atom is -0.274 e. The number of hydrogen-bond acceptors (Lipinski definition) is 3. The van der Waals surface area contributed by atoms with Crippen molar-refractivity contribution in [1.29, 1.82) is 0 Å². The Morgan fingerprint density at radius 2 is 2.27 bits per heavy atom. The molecule has 0 aliphatic heterocycles. The number of anilines is 1. The van der Waals surface area contributed by atoms with Crippen LogP contribution in [0.1, 0.15) is 5.56 Å². The molecule has 0 aliphatic rings. The molecule has 0 heterocycles.